The van der Waals surface area contributed by atoms with E-state index in [1.165, 1.54) is 13.8 Å². The number of rotatable bonds is 14. The molecule has 10 N–H and O–H groups in total. The summed E-state index contributed by atoms with van der Waals surface area (Å²) in [6.07, 6.45) is -1.51. The molecule has 176 valence electrons. The third-order valence-corrected chi connectivity index (χ3v) is 4.09. The first-order chi connectivity index (χ1) is 14.3. The van der Waals surface area contributed by atoms with Crippen molar-refractivity contribution in [1.29, 1.82) is 0 Å². The minimum atomic E-state index is -1.68. The molecular weight excluding hydrogens is 418 g/mol. The Labute approximate surface area is 177 Å². The summed E-state index contributed by atoms with van der Waals surface area (Å²) in [5, 5.41) is 33.6. The Balaban J connectivity index is 5.53. The molecule has 0 spiro atoms. The number of aliphatic hydroxyl groups excluding tert-OH is 1. The normalized spacial score (nSPS) is 14.6. The van der Waals surface area contributed by atoms with Crippen LogP contribution in [0.3, 0.4) is 0 Å². The van der Waals surface area contributed by atoms with Crippen LogP contribution in [0.1, 0.15) is 33.1 Å². The number of carboxylic acid groups (broad SMARTS) is 2. The molecule has 0 heterocycles. The molecule has 0 aliphatic heterocycles. The first-order valence-corrected chi connectivity index (χ1v) is 9.30. The molecule has 31 heavy (non-hydrogen) atoms. The number of hydrogen-bond acceptors (Lipinski definition) is 8. The number of nitrogens with two attached hydrogens (primary N) is 2. The van der Waals surface area contributed by atoms with Crippen molar-refractivity contribution in [2.24, 2.45) is 17.4 Å². The molecule has 4 unspecified atom stereocenters. The Morgan fingerprint density at radius 3 is 1.81 bits per heavy atom. The summed E-state index contributed by atoms with van der Waals surface area (Å²) in [7, 11) is 0. The van der Waals surface area contributed by atoms with Crippen LogP contribution in [0, 0.1) is 5.92 Å². The van der Waals surface area contributed by atoms with Gasteiger partial charge in [-0.05, 0) is 12.3 Å². The van der Waals surface area contributed by atoms with Crippen molar-refractivity contribution in [3.05, 3.63) is 0 Å². The maximum Gasteiger partial charge on any atom is 0.326 e. The average molecular weight is 447 g/mol. The second kappa shape index (κ2) is 13.1. The molecule has 0 aromatic heterocycles. The fraction of sp³-hybridized carbons (Fsp3) is 0.647. The van der Waals surface area contributed by atoms with E-state index >= 15 is 0 Å². The van der Waals surface area contributed by atoms with Crippen molar-refractivity contribution >= 4 is 35.6 Å². The molecule has 0 fully saturated rings. The van der Waals surface area contributed by atoms with Gasteiger partial charge in [-0.25, -0.2) is 4.79 Å². The largest absolute Gasteiger partial charge is 0.481 e. The minimum absolute atomic E-state index is 0.295. The Bertz CT molecular complexity index is 697. The van der Waals surface area contributed by atoms with Crippen LogP contribution in [0.4, 0.5) is 0 Å². The predicted molar refractivity (Wildman–Crippen MR) is 104 cm³/mol. The Morgan fingerprint density at radius 2 is 1.39 bits per heavy atom. The highest BCUT2D eigenvalue weighted by molar-refractivity contribution is 5.95. The van der Waals surface area contributed by atoms with Crippen LogP contribution in [0.25, 0.3) is 0 Å². The molecule has 0 aromatic rings. The lowest BCUT2D eigenvalue weighted by Crippen LogP contribution is -2.58. The van der Waals surface area contributed by atoms with Crippen molar-refractivity contribution in [3.8, 4) is 0 Å². The van der Waals surface area contributed by atoms with Crippen molar-refractivity contribution in [1.82, 2.24) is 16.0 Å². The predicted octanol–water partition coefficient (Wildman–Crippen LogP) is -3.76. The smallest absolute Gasteiger partial charge is 0.326 e. The zero-order valence-corrected chi connectivity index (χ0v) is 17.2. The number of carbonyl (C=O) groups is 6. The van der Waals surface area contributed by atoms with Crippen LogP contribution in [-0.2, 0) is 28.8 Å². The third-order valence-electron chi connectivity index (χ3n) is 4.09. The highest BCUT2D eigenvalue weighted by Gasteiger charge is 2.32. The molecular formula is C17H29N5O9. The second-order valence-electron chi connectivity index (χ2n) is 7.08. The lowest BCUT2D eigenvalue weighted by molar-refractivity contribution is -0.144. The summed E-state index contributed by atoms with van der Waals surface area (Å²) in [4.78, 5) is 70.3. The molecule has 0 aromatic carbocycles. The molecule has 4 amide bonds. The molecule has 0 aliphatic carbocycles. The van der Waals surface area contributed by atoms with E-state index < -0.39 is 78.7 Å². The highest BCUT2D eigenvalue weighted by atomic mass is 16.4. The van der Waals surface area contributed by atoms with Crippen LogP contribution in [-0.4, -0.2) is 81.7 Å². The van der Waals surface area contributed by atoms with Crippen molar-refractivity contribution in [3.63, 3.8) is 0 Å². The Hall–Kier alpha value is -3.26. The zero-order chi connectivity index (χ0) is 24.3. The topological polar surface area (TPSA) is 251 Å². The van der Waals surface area contributed by atoms with Gasteiger partial charge in [0.25, 0.3) is 0 Å². The van der Waals surface area contributed by atoms with E-state index in [9.17, 15) is 33.9 Å². The lowest BCUT2D eigenvalue weighted by atomic mass is 10.0. The number of amides is 4. The van der Waals surface area contributed by atoms with Gasteiger partial charge in [-0.2, -0.15) is 0 Å². The van der Waals surface area contributed by atoms with E-state index in [4.69, 9.17) is 21.7 Å². The van der Waals surface area contributed by atoms with Gasteiger partial charge in [-0.15, -0.1) is 0 Å². The van der Waals surface area contributed by atoms with E-state index in [0.717, 1.165) is 0 Å². The van der Waals surface area contributed by atoms with Gasteiger partial charge < -0.3 is 42.7 Å². The summed E-state index contributed by atoms with van der Waals surface area (Å²) >= 11 is 0. The standard InChI is InChI=1S/C17H29N5O9/c1-7(2)13(17(30)31)22-16(29)10(5-12(25)26)21-15(28)9(3-4-11(19)24)20-14(27)8(18)6-23/h7-10,13,23H,3-6,18H2,1-2H3,(H2,19,24)(H,20,27)(H,21,28)(H,22,29)(H,25,26)(H,30,31). The SMILES string of the molecule is CC(C)C(NC(=O)C(CC(=O)O)NC(=O)C(CCC(N)=O)NC(=O)C(N)CO)C(=O)O. The Kier molecular flexibility index (Phi) is 11.7. The molecule has 0 radical (unpaired) electrons. The summed E-state index contributed by atoms with van der Waals surface area (Å²) in [5.41, 5.74) is 10.4. The molecule has 4 atom stereocenters. The molecule has 14 nitrogen and oxygen atoms in total. The monoisotopic (exact) mass is 447 g/mol. The highest BCUT2D eigenvalue weighted by Crippen LogP contribution is 2.05. The number of nitrogens with one attached hydrogen (secondary N) is 3. The maximum atomic E-state index is 12.6. The van der Waals surface area contributed by atoms with Gasteiger partial charge in [-0.3, -0.25) is 24.0 Å². The summed E-state index contributed by atoms with van der Waals surface area (Å²) < 4.78 is 0. The summed E-state index contributed by atoms with van der Waals surface area (Å²) in [6.45, 7) is 2.30. The van der Waals surface area contributed by atoms with E-state index in [2.05, 4.69) is 16.0 Å². The fourth-order valence-electron chi connectivity index (χ4n) is 2.34. The summed E-state index contributed by atoms with van der Waals surface area (Å²) in [6, 6.07) is -5.81. The first kappa shape index (κ1) is 27.7. The van der Waals surface area contributed by atoms with Crippen molar-refractivity contribution in [2.75, 3.05) is 6.61 Å². The molecule has 0 saturated carbocycles. The quantitative estimate of drug-likeness (QED) is 0.129. The van der Waals surface area contributed by atoms with E-state index in [0.29, 0.717) is 0 Å². The van der Waals surface area contributed by atoms with Crippen molar-refractivity contribution in [2.45, 2.75) is 57.3 Å². The van der Waals surface area contributed by atoms with E-state index in [1.54, 1.807) is 0 Å². The van der Waals surface area contributed by atoms with Crippen molar-refractivity contribution < 1.29 is 44.1 Å². The molecule has 14 heteroatoms. The van der Waals surface area contributed by atoms with Gasteiger partial charge in [-0.1, -0.05) is 13.8 Å². The number of hydrogen-bond donors (Lipinski definition) is 8. The van der Waals surface area contributed by atoms with Crippen LogP contribution < -0.4 is 27.4 Å². The number of primary amides is 1. The second-order valence-corrected chi connectivity index (χ2v) is 7.08. The number of carboxylic acids is 2. The number of aliphatic carboxylic acids is 2. The molecule has 0 saturated heterocycles. The van der Waals surface area contributed by atoms with Gasteiger partial charge in [0.05, 0.1) is 13.0 Å². The third kappa shape index (κ3) is 10.4. The lowest BCUT2D eigenvalue weighted by Gasteiger charge is -2.25. The van der Waals surface area contributed by atoms with Gasteiger partial charge in [0, 0.05) is 6.42 Å². The zero-order valence-electron chi connectivity index (χ0n) is 17.2. The van der Waals surface area contributed by atoms with Crippen LogP contribution in [0.15, 0.2) is 0 Å². The van der Waals surface area contributed by atoms with Gasteiger partial charge >= 0.3 is 11.9 Å². The molecule has 0 bridgehead atoms. The Morgan fingerprint density at radius 1 is 0.871 bits per heavy atom. The van der Waals surface area contributed by atoms with Gasteiger partial charge in [0.1, 0.15) is 24.2 Å². The van der Waals surface area contributed by atoms with Crippen LogP contribution in [0.5, 0.6) is 0 Å². The van der Waals surface area contributed by atoms with Gasteiger partial charge in [0.2, 0.25) is 23.6 Å². The fourth-order valence-corrected chi connectivity index (χ4v) is 2.34. The average Bonchev–Trinajstić information content (AvgIpc) is 2.66. The molecule has 0 rings (SSSR count). The summed E-state index contributed by atoms with van der Waals surface area (Å²) in [5.74, 6) is -7.17. The van der Waals surface area contributed by atoms with Gasteiger partial charge in [0.15, 0.2) is 0 Å². The van der Waals surface area contributed by atoms with E-state index in [-0.39, 0.29) is 12.8 Å². The molecule has 0 aliphatic rings. The van der Waals surface area contributed by atoms with Crippen LogP contribution >= 0.6 is 0 Å². The van der Waals surface area contributed by atoms with Crippen LogP contribution in [0.2, 0.25) is 0 Å². The number of carbonyl (C=O) groups excluding carboxylic acids is 4. The first-order valence-electron chi connectivity index (χ1n) is 9.30. The maximum absolute atomic E-state index is 12.6. The number of aliphatic hydroxyl groups is 1. The van der Waals surface area contributed by atoms with E-state index in [1.807, 2.05) is 0 Å². The minimum Gasteiger partial charge on any atom is -0.481 e.